The van der Waals surface area contributed by atoms with Gasteiger partial charge in [-0.15, -0.1) is 0 Å². The average Bonchev–Trinajstić information content (AvgIpc) is 3.18. The van der Waals surface area contributed by atoms with Gasteiger partial charge in [0.1, 0.15) is 0 Å². The van der Waals surface area contributed by atoms with Gasteiger partial charge in [-0.3, -0.25) is 9.59 Å². The molecule has 4 rings (SSSR count). The first-order valence-electron chi connectivity index (χ1n) is 11.1. The number of aryl methyl sites for hydroxylation is 1. The summed E-state index contributed by atoms with van der Waals surface area (Å²) in [5, 5.41) is 16.9. The van der Waals surface area contributed by atoms with Crippen LogP contribution in [0.3, 0.4) is 0 Å². The summed E-state index contributed by atoms with van der Waals surface area (Å²) < 4.78 is 2.25. The molecule has 1 heterocycles. The van der Waals surface area contributed by atoms with Crippen molar-refractivity contribution in [3.63, 3.8) is 0 Å². The van der Waals surface area contributed by atoms with E-state index in [-0.39, 0.29) is 17.7 Å². The first kappa shape index (κ1) is 22.1. The van der Waals surface area contributed by atoms with Crippen molar-refractivity contribution in [2.45, 2.75) is 20.4 Å². The molecular weight excluding hydrogens is 412 g/mol. The standard InChI is InChI=1S/C27H26N4O2/c1-3-31-24-7-5-4-6-22(24)23-14-21(12-13-25(23)31)27(33)30-17-18(2)16-29-26(32)20-10-8-19(15-28)9-11-20/h4-14,18H,3,16-17H2,1-2H3,(H,29,32)(H,30,33). The molecule has 0 aliphatic heterocycles. The number of carbonyl (C=O) groups is 2. The Morgan fingerprint density at radius 2 is 1.48 bits per heavy atom. The fraction of sp³-hybridized carbons (Fsp3) is 0.222. The van der Waals surface area contributed by atoms with Crippen LogP contribution in [0.5, 0.6) is 0 Å². The molecule has 0 bridgehead atoms. The molecule has 4 aromatic rings. The van der Waals surface area contributed by atoms with Crippen LogP contribution in [0.1, 0.15) is 40.1 Å². The molecule has 166 valence electrons. The van der Waals surface area contributed by atoms with Gasteiger partial charge < -0.3 is 15.2 Å². The molecule has 0 fully saturated rings. The van der Waals surface area contributed by atoms with Crippen LogP contribution < -0.4 is 10.6 Å². The van der Waals surface area contributed by atoms with E-state index in [4.69, 9.17) is 5.26 Å². The second-order valence-electron chi connectivity index (χ2n) is 8.21. The maximum atomic E-state index is 12.8. The number of benzene rings is 3. The number of carbonyl (C=O) groups excluding carboxylic acids is 2. The second-order valence-corrected chi connectivity index (χ2v) is 8.21. The van der Waals surface area contributed by atoms with Gasteiger partial charge in [0.05, 0.1) is 11.6 Å². The molecule has 0 saturated carbocycles. The number of para-hydroxylation sites is 1. The van der Waals surface area contributed by atoms with Crippen molar-refractivity contribution in [1.29, 1.82) is 5.26 Å². The summed E-state index contributed by atoms with van der Waals surface area (Å²) in [6, 6.07) is 22.6. The molecule has 6 heteroatoms. The first-order chi connectivity index (χ1) is 16.0. The third-order valence-electron chi connectivity index (χ3n) is 5.85. The SMILES string of the molecule is CCn1c2ccccc2c2cc(C(=O)NCC(C)CNC(=O)c3ccc(C#N)cc3)ccc21. The Bertz CT molecular complexity index is 1360. The number of aromatic nitrogens is 1. The highest BCUT2D eigenvalue weighted by Gasteiger charge is 2.14. The number of rotatable bonds is 7. The molecular formula is C27H26N4O2. The van der Waals surface area contributed by atoms with Crippen molar-refractivity contribution in [3.05, 3.63) is 83.4 Å². The number of nitrogens with zero attached hydrogens (tertiary/aromatic N) is 2. The van der Waals surface area contributed by atoms with Crippen LogP contribution in [0.4, 0.5) is 0 Å². The van der Waals surface area contributed by atoms with E-state index in [0.717, 1.165) is 22.8 Å². The molecule has 0 saturated heterocycles. The number of nitriles is 1. The Labute approximate surface area is 192 Å². The largest absolute Gasteiger partial charge is 0.352 e. The molecule has 0 spiro atoms. The molecule has 6 nitrogen and oxygen atoms in total. The van der Waals surface area contributed by atoms with Crippen molar-refractivity contribution >= 4 is 33.6 Å². The van der Waals surface area contributed by atoms with Gasteiger partial charge >= 0.3 is 0 Å². The summed E-state index contributed by atoms with van der Waals surface area (Å²) in [5.41, 5.74) is 3.92. The molecule has 0 radical (unpaired) electrons. The number of amides is 2. The molecule has 2 amide bonds. The minimum Gasteiger partial charge on any atom is -0.352 e. The molecule has 33 heavy (non-hydrogen) atoms. The lowest BCUT2D eigenvalue weighted by molar-refractivity contribution is 0.0942. The summed E-state index contributed by atoms with van der Waals surface area (Å²) in [6.07, 6.45) is 0. The minimum absolute atomic E-state index is 0.0574. The third kappa shape index (κ3) is 4.58. The zero-order valence-corrected chi connectivity index (χ0v) is 18.8. The Morgan fingerprint density at radius 1 is 0.879 bits per heavy atom. The molecule has 3 aromatic carbocycles. The predicted octanol–water partition coefficient (Wildman–Crippen LogP) is 4.48. The first-order valence-corrected chi connectivity index (χ1v) is 11.1. The van der Waals surface area contributed by atoms with Crippen LogP contribution in [0.25, 0.3) is 21.8 Å². The van der Waals surface area contributed by atoms with Crippen LogP contribution in [0.2, 0.25) is 0 Å². The molecule has 1 atom stereocenters. The number of nitrogens with one attached hydrogen (secondary N) is 2. The van der Waals surface area contributed by atoms with Crippen LogP contribution in [0, 0.1) is 17.2 Å². The van der Waals surface area contributed by atoms with Gasteiger partial charge in [-0.25, -0.2) is 0 Å². The second kappa shape index (κ2) is 9.58. The van der Waals surface area contributed by atoms with Gasteiger partial charge in [0, 0.05) is 52.6 Å². The van der Waals surface area contributed by atoms with Crippen molar-refractivity contribution in [2.24, 2.45) is 5.92 Å². The highest BCUT2D eigenvalue weighted by molar-refractivity contribution is 6.10. The smallest absolute Gasteiger partial charge is 0.251 e. The van der Waals surface area contributed by atoms with Crippen molar-refractivity contribution in [3.8, 4) is 6.07 Å². The molecule has 1 aromatic heterocycles. The number of hydrogen-bond acceptors (Lipinski definition) is 3. The Morgan fingerprint density at radius 3 is 2.15 bits per heavy atom. The third-order valence-corrected chi connectivity index (χ3v) is 5.85. The maximum Gasteiger partial charge on any atom is 0.251 e. The lowest BCUT2D eigenvalue weighted by Crippen LogP contribution is -2.35. The molecule has 0 aliphatic carbocycles. The van der Waals surface area contributed by atoms with E-state index >= 15 is 0 Å². The van der Waals surface area contributed by atoms with Crippen LogP contribution >= 0.6 is 0 Å². The summed E-state index contributed by atoms with van der Waals surface area (Å²) in [5.74, 6) is -0.270. The molecule has 0 aliphatic rings. The van der Waals surface area contributed by atoms with Gasteiger partial charge in [0.15, 0.2) is 0 Å². The van der Waals surface area contributed by atoms with Gasteiger partial charge in [-0.1, -0.05) is 25.1 Å². The van der Waals surface area contributed by atoms with E-state index in [0.29, 0.717) is 29.8 Å². The zero-order valence-electron chi connectivity index (χ0n) is 18.8. The van der Waals surface area contributed by atoms with E-state index in [9.17, 15) is 9.59 Å². The van der Waals surface area contributed by atoms with E-state index in [1.165, 1.54) is 5.52 Å². The maximum absolute atomic E-state index is 12.8. The van der Waals surface area contributed by atoms with E-state index < -0.39 is 0 Å². The predicted molar refractivity (Wildman–Crippen MR) is 130 cm³/mol. The summed E-state index contributed by atoms with van der Waals surface area (Å²) in [4.78, 5) is 25.1. The zero-order chi connectivity index (χ0) is 23.4. The summed E-state index contributed by atoms with van der Waals surface area (Å²) in [6.45, 7) is 5.83. The Balaban J connectivity index is 1.37. The lowest BCUT2D eigenvalue weighted by Gasteiger charge is -2.14. The highest BCUT2D eigenvalue weighted by Crippen LogP contribution is 2.29. The lowest BCUT2D eigenvalue weighted by atomic mass is 10.1. The normalized spacial score (nSPS) is 11.8. The van der Waals surface area contributed by atoms with E-state index in [2.05, 4.69) is 34.3 Å². The van der Waals surface area contributed by atoms with Crippen molar-refractivity contribution in [2.75, 3.05) is 13.1 Å². The summed E-state index contributed by atoms with van der Waals surface area (Å²) >= 11 is 0. The van der Waals surface area contributed by atoms with Crippen LogP contribution in [-0.4, -0.2) is 29.5 Å². The van der Waals surface area contributed by atoms with E-state index in [1.54, 1.807) is 24.3 Å². The Kier molecular flexibility index (Phi) is 6.41. The number of fused-ring (bicyclic) bond motifs is 3. The van der Waals surface area contributed by atoms with E-state index in [1.807, 2.05) is 43.3 Å². The fourth-order valence-electron chi connectivity index (χ4n) is 4.04. The molecule has 2 N–H and O–H groups in total. The molecule has 1 unspecified atom stereocenters. The quantitative estimate of drug-likeness (QED) is 0.446. The van der Waals surface area contributed by atoms with Gasteiger partial charge in [-0.05, 0) is 61.4 Å². The van der Waals surface area contributed by atoms with Crippen LogP contribution in [-0.2, 0) is 6.54 Å². The highest BCUT2D eigenvalue weighted by atomic mass is 16.2. The Hall–Kier alpha value is -4.11. The summed E-state index contributed by atoms with van der Waals surface area (Å²) in [7, 11) is 0. The van der Waals surface area contributed by atoms with Gasteiger partial charge in [0.2, 0.25) is 0 Å². The number of hydrogen-bond donors (Lipinski definition) is 2. The topological polar surface area (TPSA) is 86.9 Å². The van der Waals surface area contributed by atoms with Crippen LogP contribution in [0.15, 0.2) is 66.7 Å². The monoisotopic (exact) mass is 438 g/mol. The van der Waals surface area contributed by atoms with Gasteiger partial charge in [0.25, 0.3) is 11.8 Å². The van der Waals surface area contributed by atoms with Crippen molar-refractivity contribution < 1.29 is 9.59 Å². The average molecular weight is 439 g/mol. The minimum atomic E-state index is -0.199. The van der Waals surface area contributed by atoms with Crippen molar-refractivity contribution in [1.82, 2.24) is 15.2 Å². The fourth-order valence-corrected chi connectivity index (χ4v) is 4.04. The van der Waals surface area contributed by atoms with Gasteiger partial charge in [-0.2, -0.15) is 5.26 Å².